The van der Waals surface area contributed by atoms with Gasteiger partial charge in [-0.15, -0.1) is 0 Å². The molecule has 2 aromatic rings. The third-order valence-electron chi connectivity index (χ3n) is 2.93. The van der Waals surface area contributed by atoms with Crippen molar-refractivity contribution in [3.05, 3.63) is 35.7 Å². The van der Waals surface area contributed by atoms with Gasteiger partial charge in [-0.05, 0) is 19.1 Å². The summed E-state index contributed by atoms with van der Waals surface area (Å²) in [4.78, 5) is 4.30. The van der Waals surface area contributed by atoms with E-state index in [0.717, 1.165) is 11.9 Å². The maximum absolute atomic E-state index is 13.7. The fourth-order valence-corrected chi connectivity index (χ4v) is 2.02. The van der Waals surface area contributed by atoms with Crippen LogP contribution in [0.3, 0.4) is 0 Å². The minimum atomic E-state index is -0.910. The van der Waals surface area contributed by atoms with Crippen molar-refractivity contribution in [2.24, 2.45) is 0 Å². The topological polar surface area (TPSA) is 43.8 Å². The molecule has 0 radical (unpaired) electrons. The van der Waals surface area contributed by atoms with Gasteiger partial charge in [0.1, 0.15) is 17.3 Å². The maximum Gasteiger partial charge on any atom is 0.168 e. The molecule has 0 aliphatic carbocycles. The number of aromatic nitrogens is 2. The SMILES string of the molecule is CCc1nc(-c2cccc(F)c2F)c(N)n1CC. The van der Waals surface area contributed by atoms with Crippen LogP contribution in [0.5, 0.6) is 0 Å². The fraction of sp³-hybridized carbons (Fsp3) is 0.308. The molecule has 0 saturated heterocycles. The number of nitrogen functional groups attached to an aromatic ring is 1. The van der Waals surface area contributed by atoms with Gasteiger partial charge in [0.2, 0.25) is 0 Å². The Bertz CT molecular complexity index is 576. The van der Waals surface area contributed by atoms with E-state index in [4.69, 9.17) is 5.73 Å². The minimum Gasteiger partial charge on any atom is -0.383 e. The van der Waals surface area contributed by atoms with Gasteiger partial charge < -0.3 is 10.3 Å². The first kappa shape index (κ1) is 12.5. The van der Waals surface area contributed by atoms with Crippen LogP contribution < -0.4 is 5.73 Å². The smallest absolute Gasteiger partial charge is 0.168 e. The molecule has 96 valence electrons. The van der Waals surface area contributed by atoms with Gasteiger partial charge in [-0.3, -0.25) is 0 Å². The molecule has 2 rings (SSSR count). The van der Waals surface area contributed by atoms with Crippen LogP contribution in [0.4, 0.5) is 14.6 Å². The highest BCUT2D eigenvalue weighted by Gasteiger charge is 2.18. The quantitative estimate of drug-likeness (QED) is 0.911. The zero-order chi connectivity index (χ0) is 13.3. The first-order valence-corrected chi connectivity index (χ1v) is 5.89. The summed E-state index contributed by atoms with van der Waals surface area (Å²) in [6, 6.07) is 4.01. The summed E-state index contributed by atoms with van der Waals surface area (Å²) in [6.07, 6.45) is 0.689. The van der Waals surface area contributed by atoms with E-state index in [0.29, 0.717) is 24.5 Å². The van der Waals surface area contributed by atoms with Crippen LogP contribution in [0.1, 0.15) is 19.7 Å². The zero-order valence-electron chi connectivity index (χ0n) is 10.4. The number of nitrogens with zero attached hydrogens (tertiary/aromatic N) is 2. The summed E-state index contributed by atoms with van der Waals surface area (Å²) >= 11 is 0. The van der Waals surface area contributed by atoms with Gasteiger partial charge in [-0.25, -0.2) is 13.8 Å². The normalized spacial score (nSPS) is 10.9. The highest BCUT2D eigenvalue weighted by molar-refractivity contribution is 5.71. The van der Waals surface area contributed by atoms with Crippen molar-refractivity contribution in [1.29, 1.82) is 0 Å². The highest BCUT2D eigenvalue weighted by atomic mass is 19.2. The Balaban J connectivity index is 2.64. The molecule has 0 aliphatic rings. The van der Waals surface area contributed by atoms with Gasteiger partial charge in [0.05, 0.1) is 0 Å². The van der Waals surface area contributed by atoms with Crippen molar-refractivity contribution in [3.63, 3.8) is 0 Å². The predicted molar refractivity (Wildman–Crippen MR) is 67.0 cm³/mol. The van der Waals surface area contributed by atoms with E-state index in [9.17, 15) is 8.78 Å². The number of hydrogen-bond acceptors (Lipinski definition) is 2. The molecule has 5 heteroatoms. The van der Waals surface area contributed by atoms with E-state index < -0.39 is 11.6 Å². The number of hydrogen-bond donors (Lipinski definition) is 1. The second-order valence-electron chi connectivity index (χ2n) is 3.96. The Labute approximate surface area is 104 Å². The Hall–Kier alpha value is -1.91. The van der Waals surface area contributed by atoms with Crippen molar-refractivity contribution in [1.82, 2.24) is 9.55 Å². The number of halogens is 2. The summed E-state index contributed by atoms with van der Waals surface area (Å²) in [5.74, 6) is -0.656. The first-order chi connectivity index (χ1) is 8.60. The van der Waals surface area contributed by atoms with E-state index >= 15 is 0 Å². The lowest BCUT2D eigenvalue weighted by atomic mass is 10.1. The molecule has 0 amide bonds. The average Bonchev–Trinajstić information content (AvgIpc) is 2.69. The molecule has 18 heavy (non-hydrogen) atoms. The standard InChI is InChI=1S/C13H15F2N3/c1-3-10-17-12(13(16)18(10)4-2)8-6-5-7-9(14)11(8)15/h5-7H,3-4,16H2,1-2H3. The van der Waals surface area contributed by atoms with E-state index in [1.165, 1.54) is 12.1 Å². The van der Waals surface area contributed by atoms with Crippen LogP contribution in [-0.2, 0) is 13.0 Å². The molecule has 0 bridgehead atoms. The summed E-state index contributed by atoms with van der Waals surface area (Å²) in [5.41, 5.74) is 6.37. The number of benzene rings is 1. The molecule has 2 N–H and O–H groups in total. The summed E-state index contributed by atoms with van der Waals surface area (Å²) in [7, 11) is 0. The monoisotopic (exact) mass is 251 g/mol. The van der Waals surface area contributed by atoms with Crippen molar-refractivity contribution in [2.75, 3.05) is 5.73 Å². The third kappa shape index (κ3) is 1.85. The molecule has 0 aliphatic heterocycles. The largest absolute Gasteiger partial charge is 0.383 e. The summed E-state index contributed by atoms with van der Waals surface area (Å²) in [6.45, 7) is 4.53. The summed E-state index contributed by atoms with van der Waals surface area (Å²) in [5, 5.41) is 0. The first-order valence-electron chi connectivity index (χ1n) is 5.89. The molecule has 0 saturated carbocycles. The molecule has 0 atom stereocenters. The molecular weight excluding hydrogens is 236 g/mol. The maximum atomic E-state index is 13.7. The molecule has 1 aromatic heterocycles. The van der Waals surface area contributed by atoms with Crippen molar-refractivity contribution < 1.29 is 8.78 Å². The Morgan fingerprint density at radius 1 is 1.28 bits per heavy atom. The van der Waals surface area contributed by atoms with Crippen molar-refractivity contribution in [3.8, 4) is 11.3 Å². The Kier molecular flexibility index (Phi) is 3.32. The van der Waals surface area contributed by atoms with Crippen LogP contribution in [-0.4, -0.2) is 9.55 Å². The molecule has 1 heterocycles. The summed E-state index contributed by atoms with van der Waals surface area (Å²) < 4.78 is 28.8. The van der Waals surface area contributed by atoms with Crippen LogP contribution in [0.2, 0.25) is 0 Å². The third-order valence-corrected chi connectivity index (χ3v) is 2.93. The minimum absolute atomic E-state index is 0.106. The molecule has 0 spiro atoms. The fourth-order valence-electron chi connectivity index (χ4n) is 2.02. The molecule has 0 fully saturated rings. The van der Waals surface area contributed by atoms with E-state index in [1.807, 2.05) is 13.8 Å². The van der Waals surface area contributed by atoms with Gasteiger partial charge in [-0.2, -0.15) is 0 Å². The Morgan fingerprint density at radius 2 is 2.00 bits per heavy atom. The van der Waals surface area contributed by atoms with Crippen LogP contribution in [0.25, 0.3) is 11.3 Å². The van der Waals surface area contributed by atoms with Gasteiger partial charge >= 0.3 is 0 Å². The molecule has 0 unspecified atom stereocenters. The van der Waals surface area contributed by atoms with Crippen molar-refractivity contribution in [2.45, 2.75) is 26.8 Å². The number of anilines is 1. The zero-order valence-corrected chi connectivity index (χ0v) is 10.4. The number of aryl methyl sites for hydroxylation is 1. The van der Waals surface area contributed by atoms with Crippen LogP contribution in [0.15, 0.2) is 18.2 Å². The van der Waals surface area contributed by atoms with E-state index in [1.54, 1.807) is 4.57 Å². The van der Waals surface area contributed by atoms with Gasteiger partial charge in [-0.1, -0.05) is 13.0 Å². The van der Waals surface area contributed by atoms with Gasteiger partial charge in [0.15, 0.2) is 11.6 Å². The second-order valence-corrected chi connectivity index (χ2v) is 3.96. The van der Waals surface area contributed by atoms with Crippen LogP contribution in [0, 0.1) is 11.6 Å². The number of imidazole rings is 1. The Morgan fingerprint density at radius 3 is 2.56 bits per heavy atom. The average molecular weight is 251 g/mol. The van der Waals surface area contributed by atoms with Gasteiger partial charge in [0.25, 0.3) is 0 Å². The van der Waals surface area contributed by atoms with E-state index in [-0.39, 0.29) is 5.56 Å². The number of nitrogens with two attached hydrogens (primary N) is 1. The lowest BCUT2D eigenvalue weighted by Crippen LogP contribution is -2.04. The molecule has 1 aromatic carbocycles. The van der Waals surface area contributed by atoms with Gasteiger partial charge in [0, 0.05) is 18.5 Å². The number of rotatable bonds is 3. The lowest BCUT2D eigenvalue weighted by molar-refractivity contribution is 0.511. The predicted octanol–water partition coefficient (Wildman–Crippen LogP) is 2.99. The highest BCUT2D eigenvalue weighted by Crippen LogP contribution is 2.29. The van der Waals surface area contributed by atoms with Crippen molar-refractivity contribution >= 4 is 5.82 Å². The second kappa shape index (κ2) is 4.76. The van der Waals surface area contributed by atoms with Crippen LogP contribution >= 0.6 is 0 Å². The lowest BCUT2D eigenvalue weighted by Gasteiger charge is -2.05. The van der Waals surface area contributed by atoms with E-state index in [2.05, 4.69) is 4.98 Å². The molecule has 3 nitrogen and oxygen atoms in total. The molecular formula is C13H15F2N3.